The van der Waals surface area contributed by atoms with Gasteiger partial charge in [0.15, 0.2) is 0 Å². The van der Waals surface area contributed by atoms with Crippen LogP contribution in [-0.2, 0) is 11.3 Å². The molecule has 2 aromatic carbocycles. The molecular formula is C16H19NO. The zero-order valence-corrected chi connectivity index (χ0v) is 10.6. The lowest BCUT2D eigenvalue weighted by Crippen LogP contribution is -2.15. The van der Waals surface area contributed by atoms with E-state index in [1.807, 2.05) is 0 Å². The van der Waals surface area contributed by atoms with Gasteiger partial charge in [-0.05, 0) is 35.4 Å². The summed E-state index contributed by atoms with van der Waals surface area (Å²) in [5.41, 5.74) is 1.32. The van der Waals surface area contributed by atoms with E-state index in [1.165, 1.54) is 22.6 Å². The summed E-state index contributed by atoms with van der Waals surface area (Å²) in [6.45, 7) is 6.10. The lowest BCUT2D eigenvalue weighted by atomic mass is 10.1. The van der Waals surface area contributed by atoms with Crippen LogP contribution < -0.4 is 5.32 Å². The van der Waals surface area contributed by atoms with Crippen LogP contribution in [0.15, 0.2) is 55.3 Å². The molecule has 0 aliphatic heterocycles. The smallest absolute Gasteiger partial charge is 0.0885 e. The van der Waals surface area contributed by atoms with E-state index in [2.05, 4.69) is 54.4 Å². The standard InChI is InChI=1S/C16H19NO/c1-2-18-11-5-10-17-13-14-8-9-15-6-3-4-7-16(15)12-14/h2-4,6-9,12,17H,1,5,10-11,13H2. The van der Waals surface area contributed by atoms with Crippen LogP contribution in [0.5, 0.6) is 0 Å². The maximum Gasteiger partial charge on any atom is 0.0885 e. The first-order valence-electron chi connectivity index (χ1n) is 6.31. The van der Waals surface area contributed by atoms with Crippen LogP contribution in [0, 0.1) is 0 Å². The molecule has 0 amide bonds. The molecule has 0 bridgehead atoms. The molecule has 0 aliphatic rings. The minimum atomic E-state index is 0.730. The summed E-state index contributed by atoms with van der Waals surface area (Å²) in [7, 11) is 0. The Hall–Kier alpha value is -1.80. The molecule has 2 rings (SSSR count). The predicted molar refractivity (Wildman–Crippen MR) is 76.4 cm³/mol. The Morgan fingerprint density at radius 2 is 1.94 bits per heavy atom. The lowest BCUT2D eigenvalue weighted by Gasteiger charge is -2.06. The van der Waals surface area contributed by atoms with Gasteiger partial charge in [0.2, 0.25) is 0 Å². The Morgan fingerprint density at radius 3 is 2.78 bits per heavy atom. The average molecular weight is 241 g/mol. The first-order chi connectivity index (χ1) is 8.90. The molecule has 0 atom stereocenters. The van der Waals surface area contributed by atoms with Crippen molar-refractivity contribution in [3.05, 3.63) is 60.9 Å². The molecule has 1 N–H and O–H groups in total. The zero-order valence-electron chi connectivity index (χ0n) is 10.6. The van der Waals surface area contributed by atoms with Crippen molar-refractivity contribution < 1.29 is 4.74 Å². The predicted octanol–water partition coefficient (Wildman–Crippen LogP) is 3.48. The molecule has 18 heavy (non-hydrogen) atoms. The van der Waals surface area contributed by atoms with Crippen LogP contribution in [0.3, 0.4) is 0 Å². The van der Waals surface area contributed by atoms with E-state index in [9.17, 15) is 0 Å². The third-order valence-electron chi connectivity index (χ3n) is 2.88. The second-order valence-electron chi connectivity index (χ2n) is 4.25. The molecule has 0 aromatic heterocycles. The maximum absolute atomic E-state index is 5.07. The highest BCUT2D eigenvalue weighted by atomic mass is 16.5. The Kier molecular flexibility index (Phi) is 4.79. The Bertz CT molecular complexity index is 507. The van der Waals surface area contributed by atoms with E-state index in [-0.39, 0.29) is 0 Å². The molecule has 0 aliphatic carbocycles. The van der Waals surface area contributed by atoms with Gasteiger partial charge in [0.1, 0.15) is 0 Å². The van der Waals surface area contributed by atoms with Crippen LogP contribution in [0.25, 0.3) is 10.8 Å². The number of nitrogens with one attached hydrogen (secondary N) is 1. The van der Waals surface area contributed by atoms with E-state index in [0.29, 0.717) is 0 Å². The molecule has 94 valence electrons. The van der Waals surface area contributed by atoms with Crippen molar-refractivity contribution in [1.29, 1.82) is 0 Å². The largest absolute Gasteiger partial charge is 0.502 e. The summed E-state index contributed by atoms with van der Waals surface area (Å²) in [4.78, 5) is 0. The number of hydrogen-bond acceptors (Lipinski definition) is 2. The highest BCUT2D eigenvalue weighted by Gasteiger charge is 1.96. The van der Waals surface area contributed by atoms with Gasteiger partial charge in [-0.2, -0.15) is 0 Å². The summed E-state index contributed by atoms with van der Waals surface area (Å²) in [5.74, 6) is 0. The van der Waals surface area contributed by atoms with Gasteiger partial charge in [0, 0.05) is 6.54 Å². The van der Waals surface area contributed by atoms with Crippen molar-refractivity contribution in [2.75, 3.05) is 13.2 Å². The van der Waals surface area contributed by atoms with Crippen molar-refractivity contribution >= 4 is 10.8 Å². The number of fused-ring (bicyclic) bond motifs is 1. The topological polar surface area (TPSA) is 21.3 Å². The van der Waals surface area contributed by atoms with Gasteiger partial charge < -0.3 is 10.1 Å². The lowest BCUT2D eigenvalue weighted by molar-refractivity contribution is 0.244. The first-order valence-corrected chi connectivity index (χ1v) is 6.31. The molecular weight excluding hydrogens is 222 g/mol. The Labute approximate surface area is 108 Å². The SMILES string of the molecule is C=COCCCNCc1ccc2ccccc2c1. The quantitative estimate of drug-likeness (QED) is 0.592. The van der Waals surface area contributed by atoms with E-state index in [1.54, 1.807) is 0 Å². The molecule has 2 heteroatoms. The normalized spacial score (nSPS) is 10.4. The summed E-state index contributed by atoms with van der Waals surface area (Å²) in [5, 5.41) is 6.00. The van der Waals surface area contributed by atoms with Crippen molar-refractivity contribution in [1.82, 2.24) is 5.32 Å². The highest BCUT2D eigenvalue weighted by molar-refractivity contribution is 5.82. The van der Waals surface area contributed by atoms with E-state index in [4.69, 9.17) is 4.74 Å². The van der Waals surface area contributed by atoms with Gasteiger partial charge in [-0.1, -0.05) is 43.0 Å². The second-order valence-corrected chi connectivity index (χ2v) is 4.25. The molecule has 2 nitrogen and oxygen atoms in total. The summed E-state index contributed by atoms with van der Waals surface area (Å²) < 4.78 is 5.07. The van der Waals surface area contributed by atoms with Crippen LogP contribution >= 0.6 is 0 Å². The number of hydrogen-bond donors (Lipinski definition) is 1. The van der Waals surface area contributed by atoms with Crippen LogP contribution in [-0.4, -0.2) is 13.2 Å². The van der Waals surface area contributed by atoms with Crippen LogP contribution in [0.1, 0.15) is 12.0 Å². The highest BCUT2D eigenvalue weighted by Crippen LogP contribution is 2.15. The third kappa shape index (κ3) is 3.60. The first kappa shape index (κ1) is 12.7. The van der Waals surface area contributed by atoms with Crippen molar-refractivity contribution in [2.24, 2.45) is 0 Å². The molecule has 0 spiro atoms. The third-order valence-corrected chi connectivity index (χ3v) is 2.88. The maximum atomic E-state index is 5.07. The minimum Gasteiger partial charge on any atom is -0.502 e. The fourth-order valence-corrected chi connectivity index (χ4v) is 1.95. The number of benzene rings is 2. The van der Waals surface area contributed by atoms with Gasteiger partial charge in [-0.3, -0.25) is 0 Å². The molecule has 2 aromatic rings. The van der Waals surface area contributed by atoms with Crippen LogP contribution in [0.2, 0.25) is 0 Å². The van der Waals surface area contributed by atoms with Gasteiger partial charge in [-0.15, -0.1) is 0 Å². The number of ether oxygens (including phenoxy) is 1. The fourth-order valence-electron chi connectivity index (χ4n) is 1.95. The second kappa shape index (κ2) is 6.82. The van der Waals surface area contributed by atoms with E-state index < -0.39 is 0 Å². The van der Waals surface area contributed by atoms with Gasteiger partial charge in [-0.25, -0.2) is 0 Å². The summed E-state index contributed by atoms with van der Waals surface area (Å²) >= 11 is 0. The number of rotatable bonds is 7. The zero-order chi connectivity index (χ0) is 12.6. The molecule has 0 heterocycles. The monoisotopic (exact) mass is 241 g/mol. The van der Waals surface area contributed by atoms with Gasteiger partial charge in [0.05, 0.1) is 12.9 Å². The van der Waals surface area contributed by atoms with Gasteiger partial charge in [0.25, 0.3) is 0 Å². The van der Waals surface area contributed by atoms with Crippen molar-refractivity contribution in [3.8, 4) is 0 Å². The average Bonchev–Trinajstić information content (AvgIpc) is 2.42. The summed E-state index contributed by atoms with van der Waals surface area (Å²) in [6, 6.07) is 15.0. The Morgan fingerprint density at radius 1 is 1.11 bits per heavy atom. The fraction of sp³-hybridized carbons (Fsp3) is 0.250. The van der Waals surface area contributed by atoms with Crippen LogP contribution in [0.4, 0.5) is 0 Å². The minimum absolute atomic E-state index is 0.730. The molecule has 0 unspecified atom stereocenters. The van der Waals surface area contributed by atoms with E-state index >= 15 is 0 Å². The molecule has 0 fully saturated rings. The van der Waals surface area contributed by atoms with Gasteiger partial charge >= 0.3 is 0 Å². The van der Waals surface area contributed by atoms with Crippen molar-refractivity contribution in [2.45, 2.75) is 13.0 Å². The van der Waals surface area contributed by atoms with Crippen molar-refractivity contribution in [3.63, 3.8) is 0 Å². The molecule has 0 saturated carbocycles. The molecule has 0 radical (unpaired) electrons. The Balaban J connectivity index is 1.82. The summed E-state index contributed by atoms with van der Waals surface area (Å²) in [6.07, 6.45) is 2.49. The molecule has 0 saturated heterocycles. The van der Waals surface area contributed by atoms with E-state index in [0.717, 1.165) is 26.1 Å².